The molecule has 1 aromatic rings. The summed E-state index contributed by atoms with van der Waals surface area (Å²) in [4.78, 5) is 0. The summed E-state index contributed by atoms with van der Waals surface area (Å²) in [6.07, 6.45) is 0. The van der Waals surface area contributed by atoms with Gasteiger partial charge in [0.15, 0.2) is 11.5 Å². The Morgan fingerprint density at radius 3 is 2.35 bits per heavy atom. The summed E-state index contributed by atoms with van der Waals surface area (Å²) in [5, 5.41) is 1.78. The van der Waals surface area contributed by atoms with Crippen molar-refractivity contribution >= 4 is 22.5 Å². The maximum atomic E-state index is 6.47. The zero-order valence-electron chi connectivity index (χ0n) is 11.6. The molecule has 0 radical (unpaired) electrons. The number of hydrogen-bond acceptors (Lipinski definition) is 2. The molecule has 1 heterocycles. The number of halogens is 1. The van der Waals surface area contributed by atoms with Crippen molar-refractivity contribution in [3.05, 3.63) is 41.4 Å². The number of ether oxygens (including phenoxy) is 2. The maximum absolute atomic E-state index is 6.47. The molecule has 0 fully saturated rings. The third-order valence-electron chi connectivity index (χ3n) is 3.59. The highest BCUT2D eigenvalue weighted by molar-refractivity contribution is 6.33. The number of hydrogen-bond donors (Lipinski definition) is 0. The van der Waals surface area contributed by atoms with Crippen molar-refractivity contribution in [2.45, 2.75) is 0 Å². The van der Waals surface area contributed by atoms with Crippen LogP contribution in [0.3, 0.4) is 0 Å². The number of methoxy groups -OCH3 is 2. The molecule has 1 aliphatic carbocycles. The van der Waals surface area contributed by atoms with Crippen LogP contribution >= 0.6 is 11.6 Å². The molecule has 0 N–H and O–H groups in total. The van der Waals surface area contributed by atoms with E-state index in [9.17, 15) is 0 Å². The van der Waals surface area contributed by atoms with Gasteiger partial charge in [-0.15, -0.1) is 0 Å². The van der Waals surface area contributed by atoms with Crippen LogP contribution in [0.5, 0.6) is 11.5 Å². The first-order chi connectivity index (χ1) is 9.67. The van der Waals surface area contributed by atoms with Crippen molar-refractivity contribution in [2.24, 2.45) is 7.05 Å². The average Bonchev–Trinajstić information content (AvgIpc) is 2.66. The first kappa shape index (κ1) is 13.0. The SMILES string of the molecule is COc1cc(Cl)c2[n+](C)c3ccccc3c-2cc1OC. The Labute approximate surface area is 122 Å². The van der Waals surface area contributed by atoms with Crippen LogP contribution in [0.2, 0.25) is 5.02 Å². The Hall–Kier alpha value is -2.00. The van der Waals surface area contributed by atoms with Crippen molar-refractivity contribution in [3.8, 4) is 22.8 Å². The van der Waals surface area contributed by atoms with Gasteiger partial charge in [0.25, 0.3) is 0 Å². The third kappa shape index (κ3) is 1.78. The predicted molar refractivity (Wildman–Crippen MR) is 79.9 cm³/mol. The Balaban J connectivity index is 2.51. The Kier molecular flexibility index (Phi) is 3.14. The van der Waals surface area contributed by atoms with Gasteiger partial charge in [-0.05, 0) is 12.1 Å². The molecule has 3 rings (SSSR count). The first-order valence-corrected chi connectivity index (χ1v) is 6.67. The van der Waals surface area contributed by atoms with E-state index in [1.54, 1.807) is 20.3 Å². The van der Waals surface area contributed by atoms with Crippen LogP contribution in [0.15, 0.2) is 36.4 Å². The topological polar surface area (TPSA) is 22.3 Å². The summed E-state index contributed by atoms with van der Waals surface area (Å²) in [7, 11) is 5.25. The number of benzene rings is 1. The molecule has 1 aromatic carbocycles. The highest BCUT2D eigenvalue weighted by atomic mass is 35.5. The second kappa shape index (κ2) is 4.84. The fraction of sp³-hybridized carbons (Fsp3) is 0.188. The molecule has 0 unspecified atom stereocenters. The molecule has 102 valence electrons. The van der Waals surface area contributed by atoms with Crippen molar-refractivity contribution in [2.75, 3.05) is 14.2 Å². The molecule has 0 saturated heterocycles. The van der Waals surface area contributed by atoms with Crippen LogP contribution in [0, 0.1) is 0 Å². The molecule has 1 aliphatic heterocycles. The van der Waals surface area contributed by atoms with Crippen molar-refractivity contribution in [1.82, 2.24) is 0 Å². The largest absolute Gasteiger partial charge is 0.493 e. The van der Waals surface area contributed by atoms with E-state index in [1.165, 1.54) is 0 Å². The van der Waals surface area contributed by atoms with Gasteiger partial charge in [-0.25, -0.2) is 0 Å². The maximum Gasteiger partial charge on any atom is 0.232 e. The van der Waals surface area contributed by atoms with Gasteiger partial charge in [0.05, 0.1) is 25.2 Å². The molecule has 4 heteroatoms. The zero-order valence-corrected chi connectivity index (χ0v) is 12.4. The molecule has 0 atom stereocenters. The van der Waals surface area contributed by atoms with E-state index in [0.29, 0.717) is 16.5 Å². The molecule has 0 saturated carbocycles. The van der Waals surface area contributed by atoms with Crippen molar-refractivity contribution in [3.63, 3.8) is 0 Å². The summed E-state index contributed by atoms with van der Waals surface area (Å²) >= 11 is 6.47. The standard InChI is InChI=1S/C16H15ClNO2/c1-18-13-7-5-4-6-10(13)11-8-14(19-2)15(20-3)9-12(17)16(11)18/h4-9H,1-3H3/q+1. The lowest BCUT2D eigenvalue weighted by Crippen LogP contribution is -2.28. The number of rotatable bonds is 2. The smallest absolute Gasteiger partial charge is 0.232 e. The summed E-state index contributed by atoms with van der Waals surface area (Å²) in [6.45, 7) is 0. The normalized spacial score (nSPS) is 11.0. The minimum Gasteiger partial charge on any atom is -0.493 e. The molecule has 0 spiro atoms. The van der Waals surface area contributed by atoms with Crippen LogP contribution in [0.25, 0.3) is 22.2 Å². The van der Waals surface area contributed by atoms with Gasteiger partial charge in [0.1, 0.15) is 12.1 Å². The fourth-order valence-electron chi connectivity index (χ4n) is 2.63. The average molecular weight is 289 g/mol. The van der Waals surface area contributed by atoms with Gasteiger partial charge in [-0.2, -0.15) is 4.57 Å². The lowest BCUT2D eigenvalue weighted by Gasteiger charge is -2.02. The second-order valence-corrected chi connectivity index (χ2v) is 5.02. The van der Waals surface area contributed by atoms with E-state index in [4.69, 9.17) is 21.1 Å². The molecule has 0 amide bonds. The summed E-state index contributed by atoms with van der Waals surface area (Å²) in [6, 6.07) is 12.0. The quantitative estimate of drug-likeness (QED) is 0.674. The summed E-state index contributed by atoms with van der Waals surface area (Å²) in [5.41, 5.74) is 3.15. The van der Waals surface area contributed by atoms with Crippen LogP contribution in [-0.4, -0.2) is 14.2 Å². The summed E-state index contributed by atoms with van der Waals surface area (Å²) in [5.74, 6) is 1.29. The van der Waals surface area contributed by atoms with Crippen molar-refractivity contribution in [1.29, 1.82) is 0 Å². The van der Waals surface area contributed by atoms with E-state index in [2.05, 4.69) is 16.7 Å². The van der Waals surface area contributed by atoms with Gasteiger partial charge in [-0.1, -0.05) is 23.7 Å². The predicted octanol–water partition coefficient (Wildman–Crippen LogP) is 3.44. The minimum atomic E-state index is 0.623. The highest BCUT2D eigenvalue weighted by Crippen LogP contribution is 2.39. The van der Waals surface area contributed by atoms with Gasteiger partial charge in [-0.3, -0.25) is 0 Å². The number of para-hydroxylation sites is 1. The van der Waals surface area contributed by atoms with Crippen LogP contribution in [-0.2, 0) is 7.05 Å². The molecule has 20 heavy (non-hydrogen) atoms. The lowest BCUT2D eigenvalue weighted by molar-refractivity contribution is -0.631. The number of aryl methyl sites for hydroxylation is 1. The fourth-order valence-corrected chi connectivity index (χ4v) is 2.96. The Morgan fingerprint density at radius 2 is 1.65 bits per heavy atom. The van der Waals surface area contributed by atoms with E-state index in [0.717, 1.165) is 22.2 Å². The molecule has 0 bridgehead atoms. The van der Waals surface area contributed by atoms with Crippen LogP contribution in [0.4, 0.5) is 0 Å². The van der Waals surface area contributed by atoms with E-state index < -0.39 is 0 Å². The number of nitrogens with zero attached hydrogens (tertiary/aromatic N) is 1. The molecule has 3 nitrogen and oxygen atoms in total. The molecule has 2 aliphatic rings. The van der Waals surface area contributed by atoms with E-state index in [1.807, 2.05) is 25.2 Å². The highest BCUT2D eigenvalue weighted by Gasteiger charge is 2.26. The van der Waals surface area contributed by atoms with Crippen LogP contribution < -0.4 is 14.0 Å². The van der Waals surface area contributed by atoms with Crippen molar-refractivity contribution < 1.29 is 14.0 Å². The van der Waals surface area contributed by atoms with Gasteiger partial charge >= 0.3 is 0 Å². The Morgan fingerprint density at radius 1 is 1.00 bits per heavy atom. The van der Waals surface area contributed by atoms with Gasteiger partial charge < -0.3 is 9.47 Å². The minimum absolute atomic E-state index is 0.623. The van der Waals surface area contributed by atoms with Gasteiger partial charge in [0, 0.05) is 12.1 Å². The number of fused-ring (bicyclic) bond motifs is 3. The molecular weight excluding hydrogens is 274 g/mol. The monoisotopic (exact) mass is 288 g/mol. The second-order valence-electron chi connectivity index (χ2n) is 4.61. The third-order valence-corrected chi connectivity index (χ3v) is 3.88. The van der Waals surface area contributed by atoms with E-state index in [-0.39, 0.29) is 0 Å². The van der Waals surface area contributed by atoms with E-state index >= 15 is 0 Å². The van der Waals surface area contributed by atoms with Crippen LogP contribution in [0.1, 0.15) is 0 Å². The Bertz CT molecular complexity index is 770. The van der Waals surface area contributed by atoms with Gasteiger partial charge in [0.2, 0.25) is 11.2 Å². The molecule has 0 aromatic heterocycles. The first-order valence-electron chi connectivity index (χ1n) is 6.29. The molecular formula is C16H15ClNO2+. The zero-order chi connectivity index (χ0) is 14.3. The lowest BCUT2D eigenvalue weighted by atomic mass is 10.1. The number of aromatic nitrogens is 1. The summed E-state index contributed by atoms with van der Waals surface area (Å²) < 4.78 is 12.9.